The zero-order chi connectivity index (χ0) is 13.6. The van der Waals surface area contributed by atoms with Crippen LogP contribution in [0.2, 0.25) is 0 Å². The van der Waals surface area contributed by atoms with Gasteiger partial charge in [-0.2, -0.15) is 0 Å². The molecule has 0 spiro atoms. The number of benzene rings is 1. The van der Waals surface area contributed by atoms with Gasteiger partial charge in [-0.25, -0.2) is 4.39 Å². The molecule has 0 bridgehead atoms. The summed E-state index contributed by atoms with van der Waals surface area (Å²) < 4.78 is 12.7. The Morgan fingerprint density at radius 2 is 2.00 bits per heavy atom. The molecule has 1 aromatic carbocycles. The van der Waals surface area contributed by atoms with Gasteiger partial charge in [-0.15, -0.1) is 0 Å². The number of aliphatic hydroxyl groups is 1. The normalized spacial score (nSPS) is 11.8. The molecule has 1 amide bonds. The number of amides is 1. The van der Waals surface area contributed by atoms with Gasteiger partial charge in [-0.3, -0.25) is 4.79 Å². The van der Waals surface area contributed by atoms with Gasteiger partial charge in [0.1, 0.15) is 5.82 Å². The second-order valence-corrected chi connectivity index (χ2v) is 4.73. The standard InChI is InChI=1S/C14H18FNO2/c1-14(2,9-10-17)16-13(18)8-5-11-3-6-12(15)7-4-11/h3-8,17H,9-10H2,1-2H3,(H,16,18)/b8-5+. The van der Waals surface area contributed by atoms with Crippen LogP contribution in [0.5, 0.6) is 0 Å². The molecule has 0 fully saturated rings. The van der Waals surface area contributed by atoms with Crippen LogP contribution in [-0.2, 0) is 4.79 Å². The summed E-state index contributed by atoms with van der Waals surface area (Å²) in [6.45, 7) is 3.70. The van der Waals surface area contributed by atoms with Gasteiger partial charge in [0.25, 0.3) is 0 Å². The molecule has 3 nitrogen and oxygen atoms in total. The monoisotopic (exact) mass is 251 g/mol. The van der Waals surface area contributed by atoms with Crippen LogP contribution >= 0.6 is 0 Å². The molecular formula is C14H18FNO2. The lowest BCUT2D eigenvalue weighted by molar-refractivity contribution is -0.118. The quantitative estimate of drug-likeness (QED) is 0.787. The van der Waals surface area contributed by atoms with E-state index in [2.05, 4.69) is 5.32 Å². The number of aliphatic hydroxyl groups excluding tert-OH is 1. The highest BCUT2D eigenvalue weighted by Gasteiger charge is 2.17. The Morgan fingerprint density at radius 3 is 2.56 bits per heavy atom. The fourth-order valence-corrected chi connectivity index (χ4v) is 1.46. The van der Waals surface area contributed by atoms with Gasteiger partial charge < -0.3 is 10.4 Å². The van der Waals surface area contributed by atoms with Gasteiger partial charge in [-0.05, 0) is 44.0 Å². The van der Waals surface area contributed by atoms with Crippen LogP contribution in [0.4, 0.5) is 4.39 Å². The van der Waals surface area contributed by atoms with Gasteiger partial charge in [0.2, 0.25) is 5.91 Å². The maximum atomic E-state index is 12.7. The van der Waals surface area contributed by atoms with Crippen molar-refractivity contribution in [3.8, 4) is 0 Å². The van der Waals surface area contributed by atoms with Crippen molar-refractivity contribution in [1.82, 2.24) is 5.32 Å². The van der Waals surface area contributed by atoms with Gasteiger partial charge in [0.15, 0.2) is 0 Å². The zero-order valence-corrected chi connectivity index (χ0v) is 10.6. The Balaban J connectivity index is 2.57. The van der Waals surface area contributed by atoms with E-state index in [1.54, 1.807) is 18.2 Å². The van der Waals surface area contributed by atoms with Crippen LogP contribution in [0.15, 0.2) is 30.3 Å². The highest BCUT2D eigenvalue weighted by molar-refractivity contribution is 5.92. The molecule has 0 aromatic heterocycles. The SMILES string of the molecule is CC(C)(CCO)NC(=O)/C=C/c1ccc(F)cc1. The summed E-state index contributed by atoms with van der Waals surface area (Å²) in [4.78, 5) is 11.6. The van der Waals surface area contributed by atoms with E-state index in [4.69, 9.17) is 5.11 Å². The summed E-state index contributed by atoms with van der Waals surface area (Å²) in [5.74, 6) is -0.543. The summed E-state index contributed by atoms with van der Waals surface area (Å²) in [7, 11) is 0. The third-order valence-corrected chi connectivity index (χ3v) is 2.50. The Hall–Kier alpha value is -1.68. The molecule has 1 rings (SSSR count). The van der Waals surface area contributed by atoms with E-state index in [9.17, 15) is 9.18 Å². The van der Waals surface area contributed by atoms with E-state index in [-0.39, 0.29) is 18.3 Å². The first-order valence-corrected chi connectivity index (χ1v) is 5.79. The van der Waals surface area contributed by atoms with Crippen molar-refractivity contribution in [1.29, 1.82) is 0 Å². The van der Waals surface area contributed by atoms with Crippen molar-refractivity contribution in [2.45, 2.75) is 25.8 Å². The molecule has 0 atom stereocenters. The number of halogens is 1. The van der Waals surface area contributed by atoms with Crippen LogP contribution in [0.1, 0.15) is 25.8 Å². The van der Waals surface area contributed by atoms with Gasteiger partial charge in [0.05, 0.1) is 0 Å². The largest absolute Gasteiger partial charge is 0.396 e. The first kappa shape index (κ1) is 14.4. The molecule has 0 saturated carbocycles. The number of rotatable bonds is 5. The molecule has 0 aliphatic heterocycles. The lowest BCUT2D eigenvalue weighted by atomic mass is 10.0. The first-order valence-electron chi connectivity index (χ1n) is 5.79. The minimum Gasteiger partial charge on any atom is -0.396 e. The lowest BCUT2D eigenvalue weighted by Crippen LogP contribution is -2.43. The Labute approximate surface area is 106 Å². The van der Waals surface area contributed by atoms with E-state index in [1.165, 1.54) is 18.2 Å². The average molecular weight is 251 g/mol. The van der Waals surface area contributed by atoms with Gasteiger partial charge >= 0.3 is 0 Å². The highest BCUT2D eigenvalue weighted by atomic mass is 19.1. The van der Waals surface area contributed by atoms with E-state index in [1.807, 2.05) is 13.8 Å². The van der Waals surface area contributed by atoms with Gasteiger partial charge in [0, 0.05) is 18.2 Å². The van der Waals surface area contributed by atoms with E-state index < -0.39 is 5.54 Å². The van der Waals surface area contributed by atoms with Crippen LogP contribution in [0.25, 0.3) is 6.08 Å². The Bertz CT molecular complexity index is 424. The third-order valence-electron chi connectivity index (χ3n) is 2.50. The number of carbonyl (C=O) groups is 1. The molecule has 98 valence electrons. The summed E-state index contributed by atoms with van der Waals surface area (Å²) in [6, 6.07) is 5.87. The van der Waals surface area contributed by atoms with Crippen LogP contribution in [-0.4, -0.2) is 23.2 Å². The van der Waals surface area contributed by atoms with E-state index >= 15 is 0 Å². The fourth-order valence-electron chi connectivity index (χ4n) is 1.46. The van der Waals surface area contributed by atoms with Gasteiger partial charge in [-0.1, -0.05) is 12.1 Å². The van der Waals surface area contributed by atoms with Crippen LogP contribution in [0, 0.1) is 5.82 Å². The predicted octanol–water partition coefficient (Wildman–Crippen LogP) is 2.12. The average Bonchev–Trinajstić information content (AvgIpc) is 2.27. The maximum Gasteiger partial charge on any atom is 0.244 e. The summed E-state index contributed by atoms with van der Waals surface area (Å²) in [5, 5.41) is 11.6. The zero-order valence-electron chi connectivity index (χ0n) is 10.6. The predicted molar refractivity (Wildman–Crippen MR) is 69.4 cm³/mol. The molecule has 2 N–H and O–H groups in total. The summed E-state index contributed by atoms with van der Waals surface area (Å²) >= 11 is 0. The van der Waals surface area contributed by atoms with Crippen molar-refractivity contribution in [3.05, 3.63) is 41.7 Å². The summed E-state index contributed by atoms with van der Waals surface area (Å²) in [6.07, 6.45) is 3.50. The minimum absolute atomic E-state index is 0.0228. The lowest BCUT2D eigenvalue weighted by Gasteiger charge is -2.24. The number of hydrogen-bond acceptors (Lipinski definition) is 2. The molecular weight excluding hydrogens is 233 g/mol. The van der Waals surface area contributed by atoms with Crippen molar-refractivity contribution < 1.29 is 14.3 Å². The maximum absolute atomic E-state index is 12.7. The number of hydrogen-bond donors (Lipinski definition) is 2. The van der Waals surface area contributed by atoms with Crippen molar-refractivity contribution >= 4 is 12.0 Å². The Kier molecular flexibility index (Phi) is 5.04. The molecule has 4 heteroatoms. The van der Waals surface area contributed by atoms with Crippen LogP contribution in [0.3, 0.4) is 0 Å². The first-order chi connectivity index (χ1) is 8.43. The second-order valence-electron chi connectivity index (χ2n) is 4.73. The van der Waals surface area contributed by atoms with Crippen LogP contribution < -0.4 is 5.32 Å². The van der Waals surface area contributed by atoms with Crippen molar-refractivity contribution in [3.63, 3.8) is 0 Å². The molecule has 0 radical (unpaired) electrons. The number of carbonyl (C=O) groups excluding carboxylic acids is 1. The molecule has 0 heterocycles. The van der Waals surface area contributed by atoms with E-state index in [0.717, 1.165) is 5.56 Å². The minimum atomic E-state index is -0.445. The summed E-state index contributed by atoms with van der Waals surface area (Å²) in [5.41, 5.74) is 0.311. The molecule has 0 aliphatic carbocycles. The van der Waals surface area contributed by atoms with Crippen molar-refractivity contribution in [2.75, 3.05) is 6.61 Å². The molecule has 0 aliphatic rings. The van der Waals surface area contributed by atoms with Crippen molar-refractivity contribution in [2.24, 2.45) is 0 Å². The number of nitrogens with one attached hydrogen (secondary N) is 1. The van der Waals surface area contributed by atoms with E-state index in [0.29, 0.717) is 6.42 Å². The molecule has 1 aromatic rings. The third kappa shape index (κ3) is 5.10. The molecule has 0 saturated heterocycles. The highest BCUT2D eigenvalue weighted by Crippen LogP contribution is 2.08. The smallest absolute Gasteiger partial charge is 0.244 e. The fraction of sp³-hybridized carbons (Fsp3) is 0.357. The Morgan fingerprint density at radius 1 is 1.39 bits per heavy atom. The molecule has 0 unspecified atom stereocenters. The topological polar surface area (TPSA) is 49.3 Å². The second kappa shape index (κ2) is 6.31. The molecule has 18 heavy (non-hydrogen) atoms.